The second kappa shape index (κ2) is 6.89. The summed E-state index contributed by atoms with van der Waals surface area (Å²) < 4.78 is 5.30. The molecule has 5 nitrogen and oxygen atoms in total. The zero-order valence-corrected chi connectivity index (χ0v) is 12.4. The molecular weight excluding hydrogens is 264 g/mol. The van der Waals surface area contributed by atoms with E-state index in [0.717, 1.165) is 19.0 Å². The summed E-state index contributed by atoms with van der Waals surface area (Å²) in [6.07, 6.45) is 4.97. The fourth-order valence-electron chi connectivity index (χ4n) is 2.49. The van der Waals surface area contributed by atoms with E-state index in [1.807, 2.05) is 6.92 Å². The van der Waals surface area contributed by atoms with Crippen LogP contribution in [-0.2, 0) is 0 Å². The molecule has 2 heterocycles. The number of piperidine rings is 1. The third-order valence-corrected chi connectivity index (χ3v) is 3.61. The van der Waals surface area contributed by atoms with Crippen molar-refractivity contribution in [2.75, 3.05) is 24.6 Å². The lowest BCUT2D eigenvalue weighted by molar-refractivity contribution is 0.310. The van der Waals surface area contributed by atoms with Gasteiger partial charge in [-0.1, -0.05) is 19.8 Å². The minimum Gasteiger partial charge on any atom is -0.464 e. The molecule has 6 heteroatoms. The quantitative estimate of drug-likeness (QED) is 0.832. The van der Waals surface area contributed by atoms with E-state index in [4.69, 9.17) is 16.3 Å². The Balaban J connectivity index is 2.02. The molecule has 1 aliphatic rings. The van der Waals surface area contributed by atoms with Gasteiger partial charge in [-0.3, -0.25) is 0 Å². The summed E-state index contributed by atoms with van der Waals surface area (Å²) in [5, 5.41) is 0.198. The molecule has 0 atom stereocenters. The fraction of sp³-hybridized carbons (Fsp3) is 0.769. The zero-order valence-electron chi connectivity index (χ0n) is 11.6. The van der Waals surface area contributed by atoms with Gasteiger partial charge in [0.1, 0.15) is 0 Å². The van der Waals surface area contributed by atoms with Gasteiger partial charge in [0.25, 0.3) is 0 Å². The molecule has 0 bridgehead atoms. The van der Waals surface area contributed by atoms with Crippen molar-refractivity contribution in [2.45, 2.75) is 39.5 Å². The van der Waals surface area contributed by atoms with Crippen molar-refractivity contribution in [2.24, 2.45) is 5.92 Å². The van der Waals surface area contributed by atoms with Crippen LogP contribution < -0.4 is 9.64 Å². The number of rotatable bonds is 5. The average molecular weight is 285 g/mol. The summed E-state index contributed by atoms with van der Waals surface area (Å²) in [6, 6.07) is 0.313. The first-order chi connectivity index (χ1) is 9.22. The first kappa shape index (κ1) is 14.3. The van der Waals surface area contributed by atoms with Gasteiger partial charge >= 0.3 is 6.01 Å². The van der Waals surface area contributed by atoms with Gasteiger partial charge in [-0.25, -0.2) is 0 Å². The molecule has 106 valence electrons. The van der Waals surface area contributed by atoms with Gasteiger partial charge in [-0.05, 0) is 37.3 Å². The minimum atomic E-state index is 0.198. The monoisotopic (exact) mass is 284 g/mol. The molecule has 2 rings (SSSR count). The Morgan fingerprint density at radius 3 is 2.58 bits per heavy atom. The molecule has 0 unspecified atom stereocenters. The lowest BCUT2D eigenvalue weighted by Gasteiger charge is -2.31. The van der Waals surface area contributed by atoms with Crippen molar-refractivity contribution in [3.8, 4) is 6.01 Å². The van der Waals surface area contributed by atoms with Crippen molar-refractivity contribution in [3.63, 3.8) is 0 Å². The first-order valence-electron chi connectivity index (χ1n) is 7.02. The SMILES string of the molecule is CCCC1CCN(c2nc(Cl)nc(OCC)n2)CC1. The first-order valence-corrected chi connectivity index (χ1v) is 7.40. The van der Waals surface area contributed by atoms with E-state index in [9.17, 15) is 0 Å². The minimum absolute atomic E-state index is 0.198. The van der Waals surface area contributed by atoms with E-state index < -0.39 is 0 Å². The maximum absolute atomic E-state index is 5.91. The third-order valence-electron chi connectivity index (χ3n) is 3.44. The number of halogens is 1. The van der Waals surface area contributed by atoms with E-state index >= 15 is 0 Å². The van der Waals surface area contributed by atoms with Gasteiger partial charge in [0.15, 0.2) is 0 Å². The number of nitrogens with zero attached hydrogens (tertiary/aromatic N) is 4. The Morgan fingerprint density at radius 2 is 1.95 bits per heavy atom. The van der Waals surface area contributed by atoms with Gasteiger partial charge in [-0.2, -0.15) is 15.0 Å². The topological polar surface area (TPSA) is 51.1 Å². The summed E-state index contributed by atoms with van der Waals surface area (Å²) in [5.74, 6) is 1.48. The lowest BCUT2D eigenvalue weighted by atomic mass is 9.93. The van der Waals surface area contributed by atoms with Gasteiger partial charge in [0.2, 0.25) is 11.2 Å². The van der Waals surface area contributed by atoms with Crippen LogP contribution in [0.2, 0.25) is 5.28 Å². The molecule has 0 saturated carbocycles. The fourth-order valence-corrected chi connectivity index (χ4v) is 2.63. The number of ether oxygens (including phenoxy) is 1. The summed E-state index contributed by atoms with van der Waals surface area (Å²) >= 11 is 5.91. The smallest absolute Gasteiger partial charge is 0.322 e. The largest absolute Gasteiger partial charge is 0.464 e. The van der Waals surface area contributed by atoms with E-state index in [1.165, 1.54) is 25.7 Å². The number of hydrogen-bond donors (Lipinski definition) is 0. The predicted molar refractivity (Wildman–Crippen MR) is 75.9 cm³/mol. The van der Waals surface area contributed by atoms with E-state index in [2.05, 4.69) is 26.8 Å². The molecule has 1 saturated heterocycles. The van der Waals surface area contributed by atoms with E-state index in [1.54, 1.807) is 0 Å². The Bertz CT molecular complexity index is 408. The van der Waals surface area contributed by atoms with Crippen LogP contribution in [0, 0.1) is 5.92 Å². The van der Waals surface area contributed by atoms with Crippen LogP contribution >= 0.6 is 11.6 Å². The van der Waals surface area contributed by atoms with Crippen LogP contribution in [0.15, 0.2) is 0 Å². The standard InChI is InChI=1S/C13H21ClN4O/c1-3-5-10-6-8-18(9-7-10)12-15-11(14)16-13(17-12)19-4-2/h10H,3-9H2,1-2H3. The summed E-state index contributed by atoms with van der Waals surface area (Å²) in [7, 11) is 0. The molecule has 0 aromatic carbocycles. The normalized spacial score (nSPS) is 16.7. The van der Waals surface area contributed by atoms with Gasteiger partial charge in [0.05, 0.1) is 6.61 Å². The molecule has 0 radical (unpaired) electrons. The van der Waals surface area contributed by atoms with Gasteiger partial charge in [-0.15, -0.1) is 0 Å². The van der Waals surface area contributed by atoms with Crippen molar-refractivity contribution in [1.29, 1.82) is 0 Å². The van der Waals surface area contributed by atoms with E-state index in [0.29, 0.717) is 18.6 Å². The molecule has 0 amide bonds. The molecule has 1 aliphatic heterocycles. The predicted octanol–water partition coefficient (Wildman–Crippen LogP) is 2.94. The molecule has 0 spiro atoms. The number of anilines is 1. The van der Waals surface area contributed by atoms with Crippen LogP contribution in [0.1, 0.15) is 39.5 Å². The van der Waals surface area contributed by atoms with Crippen LogP contribution in [0.3, 0.4) is 0 Å². The molecule has 0 N–H and O–H groups in total. The van der Waals surface area contributed by atoms with Crippen LogP contribution in [0.25, 0.3) is 0 Å². The zero-order chi connectivity index (χ0) is 13.7. The number of aromatic nitrogens is 3. The molecule has 0 aliphatic carbocycles. The molecule has 1 aromatic rings. The highest BCUT2D eigenvalue weighted by molar-refractivity contribution is 6.28. The van der Waals surface area contributed by atoms with Gasteiger partial charge in [0, 0.05) is 13.1 Å². The van der Waals surface area contributed by atoms with Crippen LogP contribution in [-0.4, -0.2) is 34.6 Å². The van der Waals surface area contributed by atoms with Crippen molar-refractivity contribution >= 4 is 17.5 Å². The third kappa shape index (κ3) is 3.93. The Kier molecular flexibility index (Phi) is 5.19. The van der Waals surface area contributed by atoms with Crippen LogP contribution in [0.4, 0.5) is 5.95 Å². The van der Waals surface area contributed by atoms with E-state index in [-0.39, 0.29) is 5.28 Å². The maximum atomic E-state index is 5.91. The Morgan fingerprint density at radius 1 is 1.21 bits per heavy atom. The highest BCUT2D eigenvalue weighted by atomic mass is 35.5. The highest BCUT2D eigenvalue weighted by Gasteiger charge is 2.21. The average Bonchev–Trinajstić information content (AvgIpc) is 2.40. The molecular formula is C13H21ClN4O. The number of hydrogen-bond acceptors (Lipinski definition) is 5. The summed E-state index contributed by atoms with van der Waals surface area (Å²) in [6.45, 7) is 6.63. The molecule has 1 aromatic heterocycles. The molecule has 19 heavy (non-hydrogen) atoms. The highest BCUT2D eigenvalue weighted by Crippen LogP contribution is 2.25. The van der Waals surface area contributed by atoms with Crippen LogP contribution in [0.5, 0.6) is 6.01 Å². The second-order valence-corrected chi connectivity index (χ2v) is 5.18. The van der Waals surface area contributed by atoms with Crippen molar-refractivity contribution in [1.82, 2.24) is 15.0 Å². The Hall–Kier alpha value is -1.10. The summed E-state index contributed by atoms with van der Waals surface area (Å²) in [5.41, 5.74) is 0. The summed E-state index contributed by atoms with van der Waals surface area (Å²) in [4.78, 5) is 14.6. The molecule has 1 fully saturated rings. The van der Waals surface area contributed by atoms with Crippen molar-refractivity contribution < 1.29 is 4.74 Å². The van der Waals surface area contributed by atoms with Crippen molar-refractivity contribution in [3.05, 3.63) is 5.28 Å². The lowest BCUT2D eigenvalue weighted by Crippen LogP contribution is -2.35. The Labute approximate surface area is 119 Å². The van der Waals surface area contributed by atoms with Gasteiger partial charge < -0.3 is 9.64 Å². The second-order valence-electron chi connectivity index (χ2n) is 4.84. The maximum Gasteiger partial charge on any atom is 0.322 e.